The number of rotatable bonds is 6. The van der Waals surface area contributed by atoms with E-state index in [1.54, 1.807) is 11.1 Å². The average Bonchev–Trinajstić information content (AvgIpc) is 3.12. The Morgan fingerprint density at radius 3 is 2.58 bits per heavy atom. The molecule has 1 amide bonds. The molecule has 0 atom stereocenters. The Hall–Kier alpha value is -2.54. The zero-order valence-electron chi connectivity index (χ0n) is 14.6. The van der Waals surface area contributed by atoms with Crippen molar-refractivity contribution < 1.29 is 9.21 Å². The van der Waals surface area contributed by atoms with Crippen LogP contribution in [0.3, 0.4) is 0 Å². The van der Waals surface area contributed by atoms with E-state index in [0.717, 1.165) is 10.0 Å². The second-order valence-corrected chi connectivity index (χ2v) is 6.76. The van der Waals surface area contributed by atoms with Gasteiger partial charge in [0.1, 0.15) is 5.82 Å². The van der Waals surface area contributed by atoms with Crippen LogP contribution >= 0.6 is 15.9 Å². The number of aryl methyl sites for hydroxylation is 2. The molecule has 0 N–H and O–H groups in total. The smallest absolute Gasteiger partial charge is 0.247 e. The van der Waals surface area contributed by atoms with Crippen molar-refractivity contribution in [2.45, 2.75) is 26.7 Å². The van der Waals surface area contributed by atoms with E-state index in [9.17, 15) is 4.79 Å². The van der Waals surface area contributed by atoms with Gasteiger partial charge in [-0.2, -0.15) is 0 Å². The van der Waals surface area contributed by atoms with Gasteiger partial charge in [0.2, 0.25) is 17.7 Å². The Balaban J connectivity index is 1.63. The molecule has 0 fully saturated rings. The van der Waals surface area contributed by atoms with E-state index in [4.69, 9.17) is 4.42 Å². The normalized spacial score (nSPS) is 10.7. The lowest BCUT2D eigenvalue weighted by atomic mass is 10.1. The van der Waals surface area contributed by atoms with Gasteiger partial charge in [0.25, 0.3) is 0 Å². The van der Waals surface area contributed by atoms with Crippen molar-refractivity contribution in [3.63, 3.8) is 0 Å². The minimum Gasteiger partial charge on any atom is -0.421 e. The Labute approximate surface area is 160 Å². The quantitative estimate of drug-likeness (QED) is 0.604. The molecule has 6 nitrogen and oxygen atoms in total. The highest BCUT2D eigenvalue weighted by Gasteiger charge is 2.17. The predicted molar refractivity (Wildman–Crippen MR) is 103 cm³/mol. The van der Waals surface area contributed by atoms with Gasteiger partial charge in [0.15, 0.2) is 0 Å². The van der Waals surface area contributed by atoms with E-state index in [2.05, 4.69) is 31.1 Å². The minimum absolute atomic E-state index is 0.0302. The maximum Gasteiger partial charge on any atom is 0.247 e. The van der Waals surface area contributed by atoms with Crippen molar-refractivity contribution in [2.24, 2.45) is 0 Å². The van der Waals surface area contributed by atoms with Crippen LogP contribution in [0.15, 0.2) is 51.5 Å². The summed E-state index contributed by atoms with van der Waals surface area (Å²) in [5.41, 5.74) is 2.04. The largest absolute Gasteiger partial charge is 0.421 e. The summed E-state index contributed by atoms with van der Waals surface area (Å²) >= 11 is 3.35. The fourth-order valence-corrected chi connectivity index (χ4v) is 2.74. The molecule has 1 aromatic carbocycles. The molecule has 7 heteroatoms. The van der Waals surface area contributed by atoms with Crippen LogP contribution in [0.5, 0.6) is 0 Å². The van der Waals surface area contributed by atoms with E-state index < -0.39 is 0 Å². The van der Waals surface area contributed by atoms with E-state index in [1.165, 1.54) is 5.56 Å². The second-order valence-electron chi connectivity index (χ2n) is 5.84. The van der Waals surface area contributed by atoms with Crippen LogP contribution in [0.1, 0.15) is 24.8 Å². The third kappa shape index (κ3) is 4.35. The molecule has 0 bridgehead atoms. The maximum absolute atomic E-state index is 12.5. The summed E-state index contributed by atoms with van der Waals surface area (Å²) in [7, 11) is 0. The summed E-state index contributed by atoms with van der Waals surface area (Å²) in [5, 5.41) is 8.12. The molecule has 0 aliphatic rings. The lowest BCUT2D eigenvalue weighted by molar-refractivity contribution is -0.118. The molecule has 2 aromatic heterocycles. The van der Waals surface area contributed by atoms with Gasteiger partial charge in [0, 0.05) is 35.6 Å². The van der Waals surface area contributed by atoms with Gasteiger partial charge in [-0.05, 0) is 54.0 Å². The molecular weight excluding hydrogens is 396 g/mol. The van der Waals surface area contributed by atoms with Crippen LogP contribution in [0.25, 0.3) is 11.5 Å². The molecule has 2 heterocycles. The number of aromatic nitrogens is 3. The first-order chi connectivity index (χ1) is 12.6. The predicted octanol–water partition coefficient (Wildman–Crippen LogP) is 4.19. The third-order valence-corrected chi connectivity index (χ3v) is 4.39. The topological polar surface area (TPSA) is 72.1 Å². The number of carbonyl (C=O) groups excluding carboxylic acids is 1. The van der Waals surface area contributed by atoms with Crippen molar-refractivity contribution in [3.05, 3.63) is 58.5 Å². The number of amides is 1. The van der Waals surface area contributed by atoms with E-state index >= 15 is 0 Å². The van der Waals surface area contributed by atoms with Gasteiger partial charge in [-0.3, -0.25) is 9.69 Å². The van der Waals surface area contributed by atoms with Crippen LogP contribution in [0.4, 0.5) is 5.82 Å². The Kier molecular flexibility index (Phi) is 5.78. The van der Waals surface area contributed by atoms with Crippen LogP contribution in [0, 0.1) is 6.92 Å². The first-order valence-corrected chi connectivity index (χ1v) is 9.17. The van der Waals surface area contributed by atoms with Gasteiger partial charge in [-0.1, -0.05) is 17.7 Å². The minimum atomic E-state index is -0.0302. The molecule has 0 saturated heterocycles. The SMILES string of the molecule is CCN(C(=O)CCc1nnc(-c2ccc(C)cc2)o1)c1ccc(Br)cn1. The number of hydrogen-bond donors (Lipinski definition) is 0. The lowest BCUT2D eigenvalue weighted by Crippen LogP contribution is -2.31. The zero-order chi connectivity index (χ0) is 18.5. The van der Waals surface area contributed by atoms with E-state index in [0.29, 0.717) is 30.6 Å². The van der Waals surface area contributed by atoms with Crippen molar-refractivity contribution in [1.82, 2.24) is 15.2 Å². The number of pyridine rings is 1. The fraction of sp³-hybridized carbons (Fsp3) is 0.263. The average molecular weight is 415 g/mol. The Morgan fingerprint density at radius 1 is 1.15 bits per heavy atom. The van der Waals surface area contributed by atoms with Crippen LogP contribution in [-0.2, 0) is 11.2 Å². The number of anilines is 1. The molecule has 3 aromatic rings. The summed E-state index contributed by atoms with van der Waals surface area (Å²) in [6, 6.07) is 11.5. The summed E-state index contributed by atoms with van der Waals surface area (Å²) in [6.45, 7) is 4.49. The van der Waals surface area contributed by atoms with Gasteiger partial charge in [-0.25, -0.2) is 4.98 Å². The molecule has 0 unspecified atom stereocenters. The number of hydrogen-bond acceptors (Lipinski definition) is 5. The molecule has 0 aliphatic carbocycles. The number of benzene rings is 1. The molecule has 0 aliphatic heterocycles. The monoisotopic (exact) mass is 414 g/mol. The molecular formula is C19H19BrN4O2. The van der Waals surface area contributed by atoms with Gasteiger partial charge in [-0.15, -0.1) is 10.2 Å². The summed E-state index contributed by atoms with van der Waals surface area (Å²) < 4.78 is 6.55. The number of nitrogens with zero attached hydrogens (tertiary/aromatic N) is 4. The van der Waals surface area contributed by atoms with Gasteiger partial charge in [0.05, 0.1) is 0 Å². The highest BCUT2D eigenvalue weighted by atomic mass is 79.9. The highest BCUT2D eigenvalue weighted by molar-refractivity contribution is 9.10. The first kappa shape index (κ1) is 18.3. The molecule has 134 valence electrons. The van der Waals surface area contributed by atoms with Crippen LogP contribution in [0.2, 0.25) is 0 Å². The molecule has 0 saturated carbocycles. The Bertz CT molecular complexity index is 875. The molecule has 3 rings (SSSR count). The third-order valence-electron chi connectivity index (χ3n) is 3.92. The first-order valence-electron chi connectivity index (χ1n) is 8.38. The summed E-state index contributed by atoms with van der Waals surface area (Å²) in [4.78, 5) is 18.5. The van der Waals surface area contributed by atoms with Crippen molar-refractivity contribution >= 4 is 27.7 Å². The van der Waals surface area contributed by atoms with Crippen molar-refractivity contribution in [2.75, 3.05) is 11.4 Å². The molecule has 26 heavy (non-hydrogen) atoms. The van der Waals surface area contributed by atoms with E-state index in [1.807, 2.05) is 50.2 Å². The van der Waals surface area contributed by atoms with Crippen LogP contribution in [-0.4, -0.2) is 27.6 Å². The number of carbonyl (C=O) groups is 1. The van der Waals surface area contributed by atoms with Gasteiger partial charge >= 0.3 is 0 Å². The Morgan fingerprint density at radius 2 is 1.92 bits per heavy atom. The van der Waals surface area contributed by atoms with Crippen LogP contribution < -0.4 is 4.90 Å². The molecule has 0 radical (unpaired) electrons. The standard InChI is InChI=1S/C19H19BrN4O2/c1-3-24(16-9-8-15(20)12-21-16)18(25)11-10-17-22-23-19(26-17)14-6-4-13(2)5-7-14/h4-9,12H,3,10-11H2,1-2H3. The van der Waals surface area contributed by atoms with Gasteiger partial charge < -0.3 is 4.42 Å². The summed E-state index contributed by atoms with van der Waals surface area (Å²) in [5.74, 6) is 1.52. The van der Waals surface area contributed by atoms with Crippen molar-refractivity contribution in [3.8, 4) is 11.5 Å². The van der Waals surface area contributed by atoms with Crippen molar-refractivity contribution in [1.29, 1.82) is 0 Å². The highest BCUT2D eigenvalue weighted by Crippen LogP contribution is 2.20. The second kappa shape index (κ2) is 8.23. The molecule has 0 spiro atoms. The zero-order valence-corrected chi connectivity index (χ0v) is 16.2. The maximum atomic E-state index is 12.5. The van der Waals surface area contributed by atoms with E-state index in [-0.39, 0.29) is 12.3 Å². The number of halogens is 1. The fourth-order valence-electron chi connectivity index (χ4n) is 2.51. The lowest BCUT2D eigenvalue weighted by Gasteiger charge is -2.19. The summed E-state index contributed by atoms with van der Waals surface area (Å²) in [6.07, 6.45) is 2.35.